The fourth-order valence-corrected chi connectivity index (χ4v) is 0.763. The minimum absolute atomic E-state index is 0.0877. The van der Waals surface area contributed by atoms with E-state index in [-0.39, 0.29) is 5.91 Å². The predicted molar refractivity (Wildman–Crippen MR) is 56.4 cm³/mol. The average molecular weight is 201 g/mol. The smallest absolute Gasteiger partial charge is 0.246 e. The van der Waals surface area contributed by atoms with Gasteiger partial charge in [0.25, 0.3) is 0 Å². The molecule has 0 saturated heterocycles. The first-order valence-corrected chi connectivity index (χ1v) is 4.72. The second-order valence-electron chi connectivity index (χ2n) is 4.11. The number of nitrogens with zero attached hydrogens (tertiary/aromatic N) is 1. The Kier molecular flexibility index (Phi) is 5.42. The van der Waals surface area contributed by atoms with Crippen molar-refractivity contribution in [1.29, 1.82) is 0 Å². The van der Waals surface area contributed by atoms with Crippen LogP contribution < -0.4 is 5.32 Å². The summed E-state index contributed by atoms with van der Waals surface area (Å²) >= 11 is 0. The van der Waals surface area contributed by atoms with Crippen LogP contribution in [-0.4, -0.2) is 44.8 Å². The van der Waals surface area contributed by atoms with Crippen molar-refractivity contribution in [3.63, 3.8) is 0 Å². The molecule has 0 fully saturated rings. The van der Waals surface area contributed by atoms with Gasteiger partial charge < -0.3 is 5.32 Å². The SMILES string of the molecule is C=C(C)C(=O)NCCCO[N+](C)(C)C. The van der Waals surface area contributed by atoms with Gasteiger partial charge in [0.1, 0.15) is 6.61 Å². The maximum atomic E-state index is 11.0. The number of carbonyl (C=O) groups is 1. The first-order valence-electron chi connectivity index (χ1n) is 4.72. The third kappa shape index (κ3) is 7.76. The molecule has 0 unspecified atom stereocenters. The summed E-state index contributed by atoms with van der Waals surface area (Å²) in [6.45, 7) is 6.51. The molecular formula is C10H21N2O2+. The molecule has 0 aromatic carbocycles. The molecule has 0 aliphatic rings. The zero-order valence-corrected chi connectivity index (χ0v) is 9.59. The van der Waals surface area contributed by atoms with E-state index in [2.05, 4.69) is 11.9 Å². The molecule has 4 nitrogen and oxygen atoms in total. The summed E-state index contributed by atoms with van der Waals surface area (Å²) in [5.41, 5.74) is 0.539. The number of rotatable bonds is 6. The van der Waals surface area contributed by atoms with E-state index in [1.54, 1.807) is 6.92 Å². The van der Waals surface area contributed by atoms with Crippen LogP contribution in [0.4, 0.5) is 0 Å². The number of hydrogen-bond acceptors (Lipinski definition) is 2. The Morgan fingerprint density at radius 3 is 2.43 bits per heavy atom. The van der Waals surface area contributed by atoms with Gasteiger partial charge in [0.2, 0.25) is 5.91 Å². The number of amides is 1. The summed E-state index contributed by atoms with van der Waals surface area (Å²) in [6, 6.07) is 0. The van der Waals surface area contributed by atoms with Gasteiger partial charge in [-0.2, -0.15) is 4.65 Å². The number of hydroxylamine groups is 3. The van der Waals surface area contributed by atoms with Gasteiger partial charge in [0, 0.05) is 12.1 Å². The Balaban J connectivity index is 3.39. The van der Waals surface area contributed by atoms with Crippen molar-refractivity contribution in [2.24, 2.45) is 0 Å². The minimum Gasteiger partial charge on any atom is -0.352 e. The van der Waals surface area contributed by atoms with Crippen LogP contribution in [-0.2, 0) is 9.63 Å². The largest absolute Gasteiger partial charge is 0.352 e. The van der Waals surface area contributed by atoms with Crippen LogP contribution in [0, 0.1) is 0 Å². The molecule has 1 amide bonds. The van der Waals surface area contributed by atoms with E-state index in [0.29, 0.717) is 23.4 Å². The van der Waals surface area contributed by atoms with Crippen LogP contribution >= 0.6 is 0 Å². The molecule has 0 spiro atoms. The summed E-state index contributed by atoms with van der Waals surface area (Å²) in [5.74, 6) is -0.0877. The zero-order valence-electron chi connectivity index (χ0n) is 9.59. The summed E-state index contributed by atoms with van der Waals surface area (Å²) in [5, 5.41) is 2.74. The topological polar surface area (TPSA) is 38.3 Å². The molecular weight excluding hydrogens is 180 g/mol. The van der Waals surface area contributed by atoms with Crippen LogP contribution in [0.3, 0.4) is 0 Å². The van der Waals surface area contributed by atoms with Crippen molar-refractivity contribution in [3.8, 4) is 0 Å². The average Bonchev–Trinajstić information content (AvgIpc) is 2.01. The van der Waals surface area contributed by atoms with Crippen LogP contribution in [0.15, 0.2) is 12.2 Å². The normalized spacial score (nSPS) is 11.1. The molecule has 14 heavy (non-hydrogen) atoms. The third-order valence-corrected chi connectivity index (χ3v) is 1.47. The van der Waals surface area contributed by atoms with Gasteiger partial charge in [-0.15, -0.1) is 0 Å². The summed E-state index contributed by atoms with van der Waals surface area (Å²) in [6.07, 6.45) is 0.814. The molecule has 0 aromatic rings. The van der Waals surface area contributed by atoms with Gasteiger partial charge >= 0.3 is 0 Å². The Hall–Kier alpha value is -0.870. The van der Waals surface area contributed by atoms with Crippen molar-refractivity contribution in [3.05, 3.63) is 12.2 Å². The predicted octanol–water partition coefficient (Wildman–Crippen LogP) is 0.707. The van der Waals surface area contributed by atoms with Gasteiger partial charge in [-0.1, -0.05) is 6.58 Å². The van der Waals surface area contributed by atoms with Gasteiger partial charge in [-0.3, -0.25) is 4.79 Å². The fourth-order valence-electron chi connectivity index (χ4n) is 0.763. The monoisotopic (exact) mass is 201 g/mol. The standard InChI is InChI=1S/C10H20N2O2/c1-9(2)10(13)11-7-6-8-14-12(3,4)5/h1,6-8H2,2-5H3/p+1. The van der Waals surface area contributed by atoms with E-state index < -0.39 is 0 Å². The number of quaternary nitrogens is 1. The molecule has 4 heteroatoms. The molecule has 0 aromatic heterocycles. The lowest BCUT2D eigenvalue weighted by atomic mass is 10.3. The van der Waals surface area contributed by atoms with Crippen LogP contribution in [0.5, 0.6) is 0 Å². The van der Waals surface area contributed by atoms with Crippen molar-refractivity contribution >= 4 is 5.91 Å². The van der Waals surface area contributed by atoms with Crippen LogP contribution in [0.2, 0.25) is 0 Å². The lowest BCUT2D eigenvalue weighted by molar-refractivity contribution is -1.06. The van der Waals surface area contributed by atoms with Gasteiger partial charge in [0.15, 0.2) is 0 Å². The Morgan fingerprint density at radius 1 is 1.43 bits per heavy atom. The third-order valence-electron chi connectivity index (χ3n) is 1.47. The lowest BCUT2D eigenvalue weighted by Crippen LogP contribution is -2.35. The first-order chi connectivity index (χ1) is 6.33. The maximum absolute atomic E-state index is 11.0. The second kappa shape index (κ2) is 5.78. The molecule has 0 bridgehead atoms. The minimum atomic E-state index is -0.0877. The van der Waals surface area contributed by atoms with E-state index in [1.165, 1.54) is 0 Å². The highest BCUT2D eigenvalue weighted by Crippen LogP contribution is 1.93. The van der Waals surface area contributed by atoms with E-state index in [0.717, 1.165) is 6.42 Å². The van der Waals surface area contributed by atoms with Crippen molar-refractivity contribution in [2.75, 3.05) is 34.3 Å². The highest BCUT2D eigenvalue weighted by molar-refractivity contribution is 5.91. The van der Waals surface area contributed by atoms with Crippen molar-refractivity contribution < 1.29 is 14.3 Å². The van der Waals surface area contributed by atoms with Crippen molar-refractivity contribution in [1.82, 2.24) is 5.32 Å². The highest BCUT2D eigenvalue weighted by Gasteiger charge is 2.07. The second-order valence-corrected chi connectivity index (χ2v) is 4.11. The number of carbonyl (C=O) groups excluding carboxylic acids is 1. The fraction of sp³-hybridized carbons (Fsp3) is 0.700. The van der Waals surface area contributed by atoms with Crippen LogP contribution in [0.25, 0.3) is 0 Å². The molecule has 82 valence electrons. The quantitative estimate of drug-likeness (QED) is 0.297. The number of nitrogens with one attached hydrogen (secondary N) is 1. The Labute approximate surface area is 86.1 Å². The molecule has 0 aliphatic carbocycles. The van der Waals surface area contributed by atoms with Crippen LogP contribution in [0.1, 0.15) is 13.3 Å². The van der Waals surface area contributed by atoms with E-state index in [1.807, 2.05) is 21.1 Å². The first kappa shape index (κ1) is 13.1. The molecule has 0 radical (unpaired) electrons. The summed E-state index contributed by atoms with van der Waals surface area (Å²) in [4.78, 5) is 16.5. The molecule has 0 saturated carbocycles. The maximum Gasteiger partial charge on any atom is 0.246 e. The molecule has 1 N–H and O–H groups in total. The Morgan fingerprint density at radius 2 is 2.00 bits per heavy atom. The van der Waals surface area contributed by atoms with Crippen molar-refractivity contribution in [2.45, 2.75) is 13.3 Å². The molecule has 0 aliphatic heterocycles. The lowest BCUT2D eigenvalue weighted by Gasteiger charge is -2.20. The molecule has 0 rings (SSSR count). The molecule has 0 atom stereocenters. The van der Waals surface area contributed by atoms with Gasteiger partial charge in [-0.25, -0.2) is 4.84 Å². The van der Waals surface area contributed by atoms with Gasteiger partial charge in [-0.05, 0) is 13.3 Å². The molecule has 0 heterocycles. The van der Waals surface area contributed by atoms with Gasteiger partial charge in [0.05, 0.1) is 21.1 Å². The Bertz CT molecular complexity index is 207. The van der Waals surface area contributed by atoms with E-state index in [4.69, 9.17) is 4.84 Å². The zero-order chi connectivity index (χ0) is 11.2. The van der Waals surface area contributed by atoms with E-state index >= 15 is 0 Å². The number of hydrogen-bond donors (Lipinski definition) is 1. The summed E-state index contributed by atoms with van der Waals surface area (Å²) < 4.78 is 0.481. The van der Waals surface area contributed by atoms with E-state index in [9.17, 15) is 4.79 Å². The highest BCUT2D eigenvalue weighted by atomic mass is 16.7. The summed E-state index contributed by atoms with van der Waals surface area (Å²) in [7, 11) is 5.85.